The topological polar surface area (TPSA) is 53.6 Å². The first-order valence-electron chi connectivity index (χ1n) is 12.1. The molecule has 2 aromatic rings. The zero-order chi connectivity index (χ0) is 24.8. The molecular weight excluding hydrogens is 479 g/mol. The number of ether oxygens (including phenoxy) is 1. The summed E-state index contributed by atoms with van der Waals surface area (Å²) in [5.74, 6) is 0. The molecular formula is C26H31ClF3N3O2. The van der Waals surface area contributed by atoms with Crippen LogP contribution >= 0.6 is 11.6 Å². The molecule has 2 N–H and O–H groups in total. The average Bonchev–Trinajstić information content (AvgIpc) is 2.84. The number of nitrogens with zero attached hydrogens (tertiary/aromatic N) is 1. The number of hydrogen-bond acceptors (Lipinski definition) is 4. The Hall–Kier alpha value is -2.45. The van der Waals surface area contributed by atoms with Crippen LogP contribution in [-0.4, -0.2) is 37.3 Å². The van der Waals surface area contributed by atoms with Gasteiger partial charge in [0, 0.05) is 47.5 Å². The number of carbonyl (C=O) groups is 1. The fourth-order valence-electron chi connectivity index (χ4n) is 4.97. The van der Waals surface area contributed by atoms with Gasteiger partial charge in [-0.2, -0.15) is 13.2 Å². The van der Waals surface area contributed by atoms with Gasteiger partial charge < -0.3 is 20.3 Å². The molecule has 4 rings (SSSR count). The number of benzene rings is 2. The fourth-order valence-corrected chi connectivity index (χ4v) is 5.16. The van der Waals surface area contributed by atoms with Crippen LogP contribution in [0.1, 0.15) is 49.7 Å². The zero-order valence-electron chi connectivity index (χ0n) is 19.5. The largest absolute Gasteiger partial charge is 0.445 e. The summed E-state index contributed by atoms with van der Waals surface area (Å²) in [6, 6.07) is 12.9. The van der Waals surface area contributed by atoms with Crippen molar-refractivity contribution < 1.29 is 22.7 Å². The van der Waals surface area contributed by atoms with Crippen LogP contribution in [0.2, 0.25) is 5.02 Å². The number of halogens is 4. The van der Waals surface area contributed by atoms with E-state index in [1.54, 1.807) is 18.2 Å². The number of carbonyl (C=O) groups excluding carboxylic acids is 1. The first-order chi connectivity index (χ1) is 16.8. The van der Waals surface area contributed by atoms with E-state index < -0.39 is 17.8 Å². The van der Waals surface area contributed by atoms with Crippen molar-refractivity contribution in [3.05, 3.63) is 64.7 Å². The Morgan fingerprint density at radius 2 is 1.71 bits per heavy atom. The third kappa shape index (κ3) is 7.04. The van der Waals surface area contributed by atoms with Gasteiger partial charge in [0.25, 0.3) is 0 Å². The maximum atomic E-state index is 12.9. The quantitative estimate of drug-likeness (QED) is 0.490. The molecule has 0 unspecified atom stereocenters. The predicted molar refractivity (Wildman–Crippen MR) is 131 cm³/mol. The van der Waals surface area contributed by atoms with Crippen molar-refractivity contribution in [1.82, 2.24) is 10.6 Å². The lowest BCUT2D eigenvalue weighted by molar-refractivity contribution is -0.137. The van der Waals surface area contributed by atoms with Crippen LogP contribution in [0.15, 0.2) is 48.5 Å². The minimum atomic E-state index is -4.33. The molecule has 0 spiro atoms. The summed E-state index contributed by atoms with van der Waals surface area (Å²) < 4.78 is 44.1. The molecule has 1 amide bonds. The highest BCUT2D eigenvalue weighted by atomic mass is 35.5. The van der Waals surface area contributed by atoms with Gasteiger partial charge in [0.2, 0.25) is 0 Å². The normalized spacial score (nSPS) is 23.1. The Bertz CT molecular complexity index is 987. The molecule has 1 saturated carbocycles. The van der Waals surface area contributed by atoms with Gasteiger partial charge in [0.05, 0.1) is 5.56 Å². The van der Waals surface area contributed by atoms with Gasteiger partial charge in [-0.3, -0.25) is 0 Å². The van der Waals surface area contributed by atoms with E-state index in [1.165, 1.54) is 0 Å². The van der Waals surface area contributed by atoms with Crippen LogP contribution in [-0.2, 0) is 17.5 Å². The lowest BCUT2D eigenvalue weighted by atomic mass is 9.89. The van der Waals surface area contributed by atoms with Gasteiger partial charge in [0.1, 0.15) is 6.61 Å². The third-order valence-electron chi connectivity index (χ3n) is 6.82. The van der Waals surface area contributed by atoms with Gasteiger partial charge in [-0.15, -0.1) is 0 Å². The minimum Gasteiger partial charge on any atom is -0.445 e. The maximum Gasteiger partial charge on any atom is 0.416 e. The Kier molecular flexibility index (Phi) is 8.44. The SMILES string of the molecule is O=C(N[C@@H]1CCCC[C@H]1N[C@H]1CCCN(c2ccc(C(F)(F)F)cc2)C1)OCc1ccccc1Cl. The molecule has 2 aliphatic rings. The standard InChI is InChI=1S/C26H31ClF3N3O2/c27-22-8-2-1-6-18(22)17-35-25(34)32-24-10-4-3-9-23(24)31-20-7-5-15-33(16-20)21-13-11-19(12-14-21)26(28,29)30/h1-2,6,8,11-14,20,23-24,31H,3-5,7,9-10,15-17H2,(H,32,34)/t20-,23+,24+/m0/s1. The molecule has 0 bridgehead atoms. The number of amides is 1. The molecule has 35 heavy (non-hydrogen) atoms. The van der Waals surface area contributed by atoms with Crippen molar-refractivity contribution in [2.24, 2.45) is 0 Å². The van der Waals surface area contributed by atoms with E-state index in [9.17, 15) is 18.0 Å². The van der Waals surface area contributed by atoms with Gasteiger partial charge in [-0.05, 0) is 56.0 Å². The number of rotatable bonds is 6. The highest BCUT2D eigenvalue weighted by Gasteiger charge is 2.32. The van der Waals surface area contributed by atoms with Crippen LogP contribution in [0, 0.1) is 0 Å². The van der Waals surface area contributed by atoms with Gasteiger partial charge >= 0.3 is 12.3 Å². The number of alkyl carbamates (subject to hydrolysis) is 1. The molecule has 1 aliphatic heterocycles. The smallest absolute Gasteiger partial charge is 0.416 e. The second kappa shape index (κ2) is 11.5. The predicted octanol–water partition coefficient (Wildman–Crippen LogP) is 6.15. The molecule has 5 nitrogen and oxygen atoms in total. The van der Waals surface area contributed by atoms with Crippen molar-refractivity contribution in [2.45, 2.75) is 69.4 Å². The van der Waals surface area contributed by atoms with Crippen molar-refractivity contribution in [2.75, 3.05) is 18.0 Å². The summed E-state index contributed by atoms with van der Waals surface area (Å²) in [5.41, 5.74) is 0.921. The molecule has 190 valence electrons. The molecule has 1 saturated heterocycles. The van der Waals surface area contributed by atoms with Crippen molar-refractivity contribution in [3.8, 4) is 0 Å². The zero-order valence-corrected chi connectivity index (χ0v) is 20.2. The van der Waals surface area contributed by atoms with Crippen LogP contribution in [0.4, 0.5) is 23.7 Å². The summed E-state index contributed by atoms with van der Waals surface area (Å²) in [7, 11) is 0. The van der Waals surface area contributed by atoms with E-state index in [1.807, 2.05) is 18.2 Å². The monoisotopic (exact) mass is 509 g/mol. The molecule has 2 aromatic carbocycles. The summed E-state index contributed by atoms with van der Waals surface area (Å²) in [6.45, 7) is 1.64. The maximum absolute atomic E-state index is 12.9. The Labute approximate surface area is 209 Å². The van der Waals surface area contributed by atoms with Crippen LogP contribution in [0.5, 0.6) is 0 Å². The summed E-state index contributed by atoms with van der Waals surface area (Å²) in [6.07, 6.45) is 1.08. The second-order valence-electron chi connectivity index (χ2n) is 9.31. The second-order valence-corrected chi connectivity index (χ2v) is 9.71. The third-order valence-corrected chi connectivity index (χ3v) is 7.19. The number of alkyl halides is 3. The molecule has 1 heterocycles. The first kappa shape index (κ1) is 25.6. The highest BCUT2D eigenvalue weighted by Crippen LogP contribution is 2.31. The average molecular weight is 510 g/mol. The van der Waals surface area contributed by atoms with Gasteiger partial charge in [0.15, 0.2) is 0 Å². The van der Waals surface area contributed by atoms with Crippen molar-refractivity contribution in [1.29, 1.82) is 0 Å². The lowest BCUT2D eigenvalue weighted by Crippen LogP contribution is -2.57. The van der Waals surface area contributed by atoms with E-state index in [0.717, 1.165) is 68.5 Å². The Morgan fingerprint density at radius 1 is 1.00 bits per heavy atom. The summed E-state index contributed by atoms with van der Waals surface area (Å²) in [5, 5.41) is 7.31. The van der Waals surface area contributed by atoms with Crippen molar-refractivity contribution in [3.63, 3.8) is 0 Å². The number of hydrogen-bond donors (Lipinski definition) is 2. The Balaban J connectivity index is 1.31. The molecule has 3 atom stereocenters. The van der Waals surface area contributed by atoms with Crippen LogP contribution in [0.25, 0.3) is 0 Å². The highest BCUT2D eigenvalue weighted by molar-refractivity contribution is 6.31. The molecule has 0 aromatic heterocycles. The summed E-state index contributed by atoms with van der Waals surface area (Å²) in [4.78, 5) is 14.6. The van der Waals surface area contributed by atoms with E-state index in [4.69, 9.17) is 16.3 Å². The lowest BCUT2D eigenvalue weighted by Gasteiger charge is -2.40. The first-order valence-corrected chi connectivity index (χ1v) is 12.5. The molecule has 0 radical (unpaired) electrons. The van der Waals surface area contributed by atoms with E-state index in [0.29, 0.717) is 11.6 Å². The van der Waals surface area contributed by atoms with Crippen LogP contribution in [0.3, 0.4) is 0 Å². The van der Waals surface area contributed by atoms with Gasteiger partial charge in [-0.1, -0.05) is 42.6 Å². The van der Waals surface area contributed by atoms with Gasteiger partial charge in [-0.25, -0.2) is 4.79 Å². The van der Waals surface area contributed by atoms with E-state index >= 15 is 0 Å². The number of anilines is 1. The Morgan fingerprint density at radius 3 is 2.43 bits per heavy atom. The van der Waals surface area contributed by atoms with Crippen molar-refractivity contribution >= 4 is 23.4 Å². The summed E-state index contributed by atoms with van der Waals surface area (Å²) >= 11 is 6.14. The molecule has 2 fully saturated rings. The molecule has 1 aliphatic carbocycles. The van der Waals surface area contributed by atoms with E-state index in [-0.39, 0.29) is 24.7 Å². The number of piperidine rings is 1. The molecule has 9 heteroatoms. The number of nitrogens with one attached hydrogen (secondary N) is 2. The minimum absolute atomic E-state index is 0.0380. The van der Waals surface area contributed by atoms with E-state index in [2.05, 4.69) is 15.5 Å². The van der Waals surface area contributed by atoms with Crippen LogP contribution < -0.4 is 15.5 Å². The fraction of sp³-hybridized carbons (Fsp3) is 0.500.